The van der Waals surface area contributed by atoms with Gasteiger partial charge in [0.2, 0.25) is 10.0 Å². The van der Waals surface area contributed by atoms with Crippen LogP contribution in [0.3, 0.4) is 0 Å². The fourth-order valence-corrected chi connectivity index (χ4v) is 6.85. The highest BCUT2D eigenvalue weighted by Crippen LogP contribution is 2.42. The van der Waals surface area contributed by atoms with Gasteiger partial charge in [0.1, 0.15) is 11.9 Å². The molecule has 2 aliphatic rings. The molecular formula is C25H21FN8O4S2. The molecule has 204 valence electrons. The Bertz CT molecular complexity index is 1820. The van der Waals surface area contributed by atoms with E-state index in [4.69, 9.17) is 0 Å². The lowest BCUT2D eigenvalue weighted by atomic mass is 9.89. The quantitative estimate of drug-likeness (QED) is 0.301. The monoisotopic (exact) mass is 580 g/mol. The molecular weight excluding hydrogens is 559 g/mol. The molecule has 1 aromatic carbocycles. The van der Waals surface area contributed by atoms with Crippen LogP contribution in [0, 0.1) is 11.3 Å². The Kier molecular flexibility index (Phi) is 6.02. The smallest absolute Gasteiger partial charge is 0.267 e. The molecule has 2 aliphatic heterocycles. The van der Waals surface area contributed by atoms with E-state index in [0.717, 1.165) is 4.90 Å². The number of halogens is 1. The summed E-state index contributed by atoms with van der Waals surface area (Å²) in [4.78, 5) is 36.4. The van der Waals surface area contributed by atoms with Gasteiger partial charge in [0.25, 0.3) is 11.8 Å². The zero-order valence-corrected chi connectivity index (χ0v) is 22.9. The molecule has 0 N–H and O–H groups in total. The second-order valence-corrected chi connectivity index (χ2v) is 12.9. The Morgan fingerprint density at radius 1 is 1.10 bits per heavy atom. The van der Waals surface area contributed by atoms with Crippen molar-refractivity contribution in [2.45, 2.75) is 31.1 Å². The molecule has 12 nitrogen and oxygen atoms in total. The van der Waals surface area contributed by atoms with Gasteiger partial charge >= 0.3 is 0 Å². The van der Waals surface area contributed by atoms with E-state index in [1.165, 1.54) is 25.5 Å². The predicted molar refractivity (Wildman–Crippen MR) is 144 cm³/mol. The molecule has 0 saturated carbocycles. The number of fused-ring (bicyclic) bond motifs is 2. The van der Waals surface area contributed by atoms with Gasteiger partial charge in [0.05, 0.1) is 40.1 Å². The van der Waals surface area contributed by atoms with Gasteiger partial charge in [-0.25, -0.2) is 27.3 Å². The molecule has 0 aliphatic carbocycles. The maximum absolute atomic E-state index is 13.5. The zero-order chi connectivity index (χ0) is 28.4. The normalized spacial score (nSPS) is 16.9. The van der Waals surface area contributed by atoms with E-state index in [1.807, 2.05) is 0 Å². The van der Waals surface area contributed by atoms with Gasteiger partial charge in [-0.15, -0.1) is 3.89 Å². The molecule has 0 spiro atoms. The number of nitriles is 1. The molecule has 3 aromatic heterocycles. The fraction of sp³-hybridized carbons (Fsp3) is 0.280. The molecule has 6 rings (SSSR count). The summed E-state index contributed by atoms with van der Waals surface area (Å²) in [5.74, 6) is -1.20. The van der Waals surface area contributed by atoms with E-state index < -0.39 is 32.6 Å². The van der Waals surface area contributed by atoms with Crippen molar-refractivity contribution in [1.82, 2.24) is 28.0 Å². The van der Waals surface area contributed by atoms with Crippen LogP contribution in [0.4, 0.5) is 9.70 Å². The van der Waals surface area contributed by atoms with Gasteiger partial charge in [-0.05, 0) is 32.0 Å². The van der Waals surface area contributed by atoms with Crippen LogP contribution in [0.1, 0.15) is 41.0 Å². The summed E-state index contributed by atoms with van der Waals surface area (Å²) in [6.07, 6.45) is 4.18. The molecule has 0 unspecified atom stereocenters. The minimum Gasteiger partial charge on any atom is -0.268 e. The average molecular weight is 581 g/mol. The number of sulfonamides is 1. The summed E-state index contributed by atoms with van der Waals surface area (Å²) in [5.41, 5.74) is 0.202. The number of carbonyl (C=O) groups excluding carboxylic acids is 2. The van der Waals surface area contributed by atoms with Gasteiger partial charge < -0.3 is 0 Å². The number of anilines is 1. The maximum Gasteiger partial charge on any atom is 0.267 e. The fourth-order valence-electron chi connectivity index (χ4n) is 5.09. The lowest BCUT2D eigenvalue weighted by Crippen LogP contribution is -2.65. The molecule has 5 heterocycles. The molecule has 2 amide bonds. The van der Waals surface area contributed by atoms with E-state index in [9.17, 15) is 27.2 Å². The average Bonchev–Trinajstić information content (AvgIpc) is 3.60. The van der Waals surface area contributed by atoms with Gasteiger partial charge in [0.15, 0.2) is 23.8 Å². The third-order valence-electron chi connectivity index (χ3n) is 7.27. The lowest BCUT2D eigenvalue weighted by Gasteiger charge is -2.48. The predicted octanol–water partition coefficient (Wildman–Crippen LogP) is 3.14. The number of nitrogens with zero attached hydrogens (tertiary/aromatic N) is 8. The van der Waals surface area contributed by atoms with Gasteiger partial charge in [-0.2, -0.15) is 14.7 Å². The summed E-state index contributed by atoms with van der Waals surface area (Å²) >= 11 is -0.0472. The number of aromatic nitrogens is 5. The van der Waals surface area contributed by atoms with Crippen molar-refractivity contribution in [3.05, 3.63) is 60.2 Å². The van der Waals surface area contributed by atoms with E-state index in [0.29, 0.717) is 5.39 Å². The van der Waals surface area contributed by atoms with Crippen LogP contribution in [0.15, 0.2) is 49.1 Å². The number of imide groups is 1. The van der Waals surface area contributed by atoms with E-state index in [-0.39, 0.29) is 65.7 Å². The van der Waals surface area contributed by atoms with Crippen molar-refractivity contribution < 1.29 is 21.9 Å². The van der Waals surface area contributed by atoms with Gasteiger partial charge in [-0.1, -0.05) is 12.1 Å². The molecule has 40 heavy (non-hydrogen) atoms. The summed E-state index contributed by atoms with van der Waals surface area (Å²) in [7, 11) is -3.59. The summed E-state index contributed by atoms with van der Waals surface area (Å²) in [6.45, 7) is 3.12. The van der Waals surface area contributed by atoms with Crippen LogP contribution < -0.4 is 4.90 Å². The standard InChI is InChI=1S/C25H21FN8O4S2/c1-15(2)40(37,38)31-12-25(13-31,8-9-27)33-11-19(20-18-7-10-32(39-26)21(18)29-14-28-20)22(30-33)34-23(35)16-5-3-4-6-17(16)24(34)36/h3-7,10-11,14-15H,8,12-13H2,1-2H3. The molecule has 0 atom stereocenters. The lowest BCUT2D eigenvalue weighted by molar-refractivity contribution is 0.0711. The topological polar surface area (TPSA) is 147 Å². The van der Waals surface area contributed by atoms with Crippen LogP contribution in [0.25, 0.3) is 22.3 Å². The van der Waals surface area contributed by atoms with Crippen molar-refractivity contribution in [3.63, 3.8) is 0 Å². The maximum atomic E-state index is 13.5. The van der Waals surface area contributed by atoms with Crippen molar-refractivity contribution in [3.8, 4) is 17.3 Å². The molecule has 4 aromatic rings. The number of amides is 2. The third-order valence-corrected chi connectivity index (χ3v) is 9.88. The number of hydrogen-bond acceptors (Lipinski definition) is 9. The number of hydrogen-bond donors (Lipinski definition) is 0. The minimum absolute atomic E-state index is 0.0161. The highest BCUT2D eigenvalue weighted by atomic mass is 32.2. The summed E-state index contributed by atoms with van der Waals surface area (Å²) in [6, 6.07) is 10.1. The number of carbonyl (C=O) groups is 2. The Morgan fingerprint density at radius 2 is 1.77 bits per heavy atom. The molecule has 0 radical (unpaired) electrons. The minimum atomic E-state index is -3.59. The van der Waals surface area contributed by atoms with Gasteiger partial charge in [0, 0.05) is 30.9 Å². The Labute approximate surface area is 232 Å². The van der Waals surface area contributed by atoms with Crippen molar-refractivity contribution in [1.29, 1.82) is 5.26 Å². The van der Waals surface area contributed by atoms with Gasteiger partial charge in [-0.3, -0.25) is 14.3 Å². The van der Waals surface area contributed by atoms with Crippen molar-refractivity contribution in [2.24, 2.45) is 0 Å². The highest BCUT2D eigenvalue weighted by molar-refractivity contribution is 7.92. The Balaban J connectivity index is 1.54. The first-order valence-corrected chi connectivity index (χ1v) is 14.4. The second-order valence-electron chi connectivity index (χ2n) is 9.89. The molecule has 1 fully saturated rings. The Morgan fingerprint density at radius 3 is 2.38 bits per heavy atom. The summed E-state index contributed by atoms with van der Waals surface area (Å²) < 4.78 is 43.0. The van der Waals surface area contributed by atoms with Crippen LogP contribution in [0.5, 0.6) is 0 Å². The first-order chi connectivity index (χ1) is 19.1. The van der Waals surface area contributed by atoms with Crippen LogP contribution >= 0.6 is 12.3 Å². The second kappa shape index (κ2) is 9.22. The first kappa shape index (κ1) is 26.1. The van der Waals surface area contributed by atoms with E-state index in [1.54, 1.807) is 50.4 Å². The SMILES string of the molecule is CC(C)S(=O)(=O)N1CC(CC#N)(n2cc(-c3ncnc4c3ccn4SF)c(N3C(=O)c4ccccc4C3=O)n2)C1. The van der Waals surface area contributed by atoms with Crippen LogP contribution in [-0.2, 0) is 15.6 Å². The van der Waals surface area contributed by atoms with E-state index >= 15 is 0 Å². The third kappa shape index (κ3) is 3.67. The zero-order valence-electron chi connectivity index (χ0n) is 21.2. The van der Waals surface area contributed by atoms with Crippen molar-refractivity contribution in [2.75, 3.05) is 18.0 Å². The molecule has 0 bridgehead atoms. The first-order valence-electron chi connectivity index (χ1n) is 12.2. The number of benzene rings is 1. The highest BCUT2D eigenvalue weighted by Gasteiger charge is 2.52. The molecule has 15 heteroatoms. The van der Waals surface area contributed by atoms with Crippen molar-refractivity contribution >= 4 is 51.0 Å². The molecule has 1 saturated heterocycles. The number of rotatable bonds is 7. The summed E-state index contributed by atoms with van der Waals surface area (Å²) in [5, 5.41) is 14.1. The largest absolute Gasteiger partial charge is 0.268 e. The van der Waals surface area contributed by atoms with Crippen LogP contribution in [-0.4, -0.2) is 66.6 Å². The van der Waals surface area contributed by atoms with Crippen LogP contribution in [0.2, 0.25) is 0 Å². The van der Waals surface area contributed by atoms with E-state index in [2.05, 4.69) is 21.1 Å². The Hall–Kier alpha value is -4.13.